The molecule has 1 aromatic carbocycles. The van der Waals surface area contributed by atoms with E-state index in [0.717, 1.165) is 20.5 Å². The van der Waals surface area contributed by atoms with Gasteiger partial charge in [-0.2, -0.15) is 5.10 Å². The topological polar surface area (TPSA) is 33.6 Å². The molecule has 2 aromatic rings. The molecule has 78 valence electrons. The number of hydrogen-bond donors (Lipinski definition) is 1. The Morgan fingerprint density at radius 1 is 1.40 bits per heavy atom. The highest BCUT2D eigenvalue weighted by Crippen LogP contribution is 2.25. The van der Waals surface area contributed by atoms with Crippen LogP contribution in [0.1, 0.15) is 5.82 Å². The summed E-state index contributed by atoms with van der Waals surface area (Å²) in [7, 11) is 0. The van der Waals surface area contributed by atoms with Gasteiger partial charge in [-0.25, -0.2) is 0 Å². The number of nitrogens with one attached hydrogen (secondary N) is 1. The second-order valence-electron chi connectivity index (χ2n) is 3.01. The third kappa shape index (κ3) is 2.07. The van der Waals surface area contributed by atoms with Crippen LogP contribution in [-0.4, -0.2) is 14.8 Å². The summed E-state index contributed by atoms with van der Waals surface area (Å²) in [4.78, 5) is 0. The van der Waals surface area contributed by atoms with Crippen molar-refractivity contribution in [3.8, 4) is 5.69 Å². The van der Waals surface area contributed by atoms with Gasteiger partial charge in [-0.15, -0.1) is 0 Å². The number of rotatable bonds is 1. The van der Waals surface area contributed by atoms with Gasteiger partial charge < -0.3 is 0 Å². The van der Waals surface area contributed by atoms with Crippen LogP contribution in [-0.2, 0) is 0 Å². The molecule has 0 aliphatic rings. The van der Waals surface area contributed by atoms with Crippen LogP contribution < -0.4 is 0 Å². The van der Waals surface area contributed by atoms with Crippen molar-refractivity contribution in [2.75, 3.05) is 0 Å². The molecule has 15 heavy (non-hydrogen) atoms. The molecular weight excluding hydrogens is 342 g/mol. The first-order valence-electron chi connectivity index (χ1n) is 4.19. The predicted octanol–water partition coefficient (Wildman–Crippen LogP) is 3.76. The second-order valence-corrected chi connectivity index (χ2v) is 5.16. The highest BCUT2D eigenvalue weighted by atomic mass is 79.9. The molecule has 0 saturated heterocycles. The zero-order valence-corrected chi connectivity index (χ0v) is 11.8. The Labute approximate surface area is 109 Å². The van der Waals surface area contributed by atoms with E-state index in [1.165, 1.54) is 0 Å². The van der Waals surface area contributed by atoms with Gasteiger partial charge >= 0.3 is 0 Å². The van der Waals surface area contributed by atoms with E-state index in [0.29, 0.717) is 4.77 Å². The maximum atomic E-state index is 5.17. The SMILES string of the molecule is Cc1n[nH]c(=S)n1-c1cc(Br)ccc1Br. The van der Waals surface area contributed by atoms with Gasteiger partial charge in [0.05, 0.1) is 5.69 Å². The molecular formula is C9H7Br2N3S. The summed E-state index contributed by atoms with van der Waals surface area (Å²) < 4.78 is 4.45. The molecule has 3 nitrogen and oxygen atoms in total. The third-order valence-electron chi connectivity index (χ3n) is 1.99. The molecule has 0 aliphatic carbocycles. The Morgan fingerprint density at radius 3 is 2.73 bits per heavy atom. The average Bonchev–Trinajstić information content (AvgIpc) is 2.51. The van der Waals surface area contributed by atoms with Crippen LogP contribution in [0, 0.1) is 11.7 Å². The van der Waals surface area contributed by atoms with E-state index in [-0.39, 0.29) is 0 Å². The van der Waals surface area contributed by atoms with Crippen molar-refractivity contribution in [2.24, 2.45) is 0 Å². The molecule has 0 unspecified atom stereocenters. The smallest absolute Gasteiger partial charge is 0.199 e. The highest BCUT2D eigenvalue weighted by molar-refractivity contribution is 9.11. The van der Waals surface area contributed by atoms with Crippen molar-refractivity contribution in [1.82, 2.24) is 14.8 Å². The molecule has 1 aromatic heterocycles. The maximum Gasteiger partial charge on any atom is 0.199 e. The van der Waals surface area contributed by atoms with Crippen molar-refractivity contribution >= 4 is 44.1 Å². The van der Waals surface area contributed by atoms with Gasteiger partial charge in [0.15, 0.2) is 4.77 Å². The van der Waals surface area contributed by atoms with E-state index in [9.17, 15) is 0 Å². The molecule has 6 heteroatoms. The molecule has 0 aliphatic heterocycles. The van der Waals surface area contributed by atoms with E-state index in [1.807, 2.05) is 29.7 Å². The lowest BCUT2D eigenvalue weighted by atomic mass is 10.3. The van der Waals surface area contributed by atoms with Crippen LogP contribution in [0.5, 0.6) is 0 Å². The summed E-state index contributed by atoms with van der Waals surface area (Å²) in [6.07, 6.45) is 0. The van der Waals surface area contributed by atoms with E-state index in [1.54, 1.807) is 0 Å². The van der Waals surface area contributed by atoms with Crippen LogP contribution >= 0.6 is 44.1 Å². The number of hydrogen-bond acceptors (Lipinski definition) is 2. The van der Waals surface area contributed by atoms with Crippen molar-refractivity contribution in [3.05, 3.63) is 37.7 Å². The average molecular weight is 349 g/mol. The highest BCUT2D eigenvalue weighted by Gasteiger charge is 2.07. The Hall–Kier alpha value is -0.460. The monoisotopic (exact) mass is 347 g/mol. The third-order valence-corrected chi connectivity index (χ3v) is 3.43. The zero-order valence-electron chi connectivity index (χ0n) is 7.79. The lowest BCUT2D eigenvalue weighted by molar-refractivity contribution is 0.957. The molecule has 0 atom stereocenters. The zero-order chi connectivity index (χ0) is 11.0. The van der Waals surface area contributed by atoms with Gasteiger partial charge in [-0.05, 0) is 53.3 Å². The summed E-state index contributed by atoms with van der Waals surface area (Å²) in [6.45, 7) is 1.90. The van der Waals surface area contributed by atoms with E-state index in [4.69, 9.17) is 12.2 Å². The normalized spacial score (nSPS) is 10.6. The van der Waals surface area contributed by atoms with E-state index < -0.39 is 0 Å². The predicted molar refractivity (Wildman–Crippen MR) is 68.9 cm³/mol. The minimum atomic E-state index is 0.589. The fraction of sp³-hybridized carbons (Fsp3) is 0.111. The van der Waals surface area contributed by atoms with Gasteiger partial charge in [0.25, 0.3) is 0 Å². The van der Waals surface area contributed by atoms with Gasteiger partial charge in [0, 0.05) is 8.95 Å². The lowest BCUT2D eigenvalue weighted by Crippen LogP contribution is -1.98. The maximum absolute atomic E-state index is 5.17. The van der Waals surface area contributed by atoms with Crippen LogP contribution in [0.25, 0.3) is 5.69 Å². The molecule has 1 N–H and O–H groups in total. The van der Waals surface area contributed by atoms with Gasteiger partial charge in [0.1, 0.15) is 5.82 Å². The largest absolute Gasteiger partial charge is 0.271 e. The summed E-state index contributed by atoms with van der Waals surface area (Å²) in [5.41, 5.74) is 0.973. The summed E-state index contributed by atoms with van der Waals surface area (Å²) in [5.74, 6) is 0.832. The molecule has 0 amide bonds. The van der Waals surface area contributed by atoms with Gasteiger partial charge in [-0.3, -0.25) is 9.67 Å². The number of aryl methyl sites for hydroxylation is 1. The number of H-pyrrole nitrogens is 1. The molecule has 0 radical (unpaired) electrons. The van der Waals surface area contributed by atoms with E-state index in [2.05, 4.69) is 42.1 Å². The number of halogens is 2. The van der Waals surface area contributed by atoms with Crippen LogP contribution in [0.3, 0.4) is 0 Å². The Bertz CT molecular complexity index is 559. The molecule has 2 rings (SSSR count). The molecule has 0 spiro atoms. The minimum absolute atomic E-state index is 0.589. The minimum Gasteiger partial charge on any atom is -0.271 e. The molecule has 0 saturated carbocycles. The van der Waals surface area contributed by atoms with Crippen molar-refractivity contribution in [2.45, 2.75) is 6.92 Å². The Kier molecular flexibility index (Phi) is 3.08. The first kappa shape index (κ1) is 11.0. The van der Waals surface area contributed by atoms with Crippen LogP contribution in [0.15, 0.2) is 27.1 Å². The Morgan fingerprint density at radius 2 is 2.13 bits per heavy atom. The van der Waals surface area contributed by atoms with Gasteiger partial charge in [-0.1, -0.05) is 15.9 Å². The first-order valence-corrected chi connectivity index (χ1v) is 6.18. The fourth-order valence-corrected chi connectivity index (χ4v) is 2.37. The van der Waals surface area contributed by atoms with E-state index >= 15 is 0 Å². The molecule has 1 heterocycles. The first-order chi connectivity index (χ1) is 7.09. The van der Waals surface area contributed by atoms with Crippen molar-refractivity contribution in [1.29, 1.82) is 0 Å². The molecule has 0 bridgehead atoms. The molecule has 0 fully saturated rings. The van der Waals surface area contributed by atoms with Crippen LogP contribution in [0.2, 0.25) is 0 Å². The number of benzene rings is 1. The van der Waals surface area contributed by atoms with Crippen molar-refractivity contribution < 1.29 is 0 Å². The van der Waals surface area contributed by atoms with Crippen LogP contribution in [0.4, 0.5) is 0 Å². The number of aromatic nitrogens is 3. The Balaban J connectivity index is 2.74. The standard InChI is InChI=1S/C9H7Br2N3S/c1-5-12-13-9(15)14(5)8-4-6(10)2-3-7(8)11/h2-4H,1H3,(H,13,15). The summed E-state index contributed by atoms with van der Waals surface area (Å²) in [5, 5.41) is 6.83. The lowest BCUT2D eigenvalue weighted by Gasteiger charge is -2.07. The number of aromatic amines is 1. The van der Waals surface area contributed by atoms with Crippen molar-refractivity contribution in [3.63, 3.8) is 0 Å². The number of nitrogens with zero attached hydrogens (tertiary/aromatic N) is 2. The van der Waals surface area contributed by atoms with Gasteiger partial charge in [0.2, 0.25) is 0 Å². The quantitative estimate of drug-likeness (QED) is 0.796. The fourth-order valence-electron chi connectivity index (χ4n) is 1.32. The second kappa shape index (κ2) is 4.19. The summed E-state index contributed by atoms with van der Waals surface area (Å²) >= 11 is 12.1. The summed E-state index contributed by atoms with van der Waals surface area (Å²) in [6, 6.07) is 5.92.